The van der Waals surface area contributed by atoms with E-state index < -0.39 is 0 Å². The zero-order chi connectivity index (χ0) is 19.1. The maximum Gasteiger partial charge on any atom is 0.173 e. The quantitative estimate of drug-likeness (QED) is 0.416. The monoisotopic (exact) mass is 384 g/mol. The summed E-state index contributed by atoms with van der Waals surface area (Å²) < 4.78 is 2.04. The van der Waals surface area contributed by atoms with Crippen molar-refractivity contribution >= 4 is 27.2 Å². The lowest BCUT2D eigenvalue weighted by Crippen LogP contribution is -1.99. The van der Waals surface area contributed by atoms with Crippen LogP contribution in [0.2, 0.25) is 0 Å². The molecule has 0 atom stereocenters. The van der Waals surface area contributed by atoms with E-state index in [1.807, 2.05) is 16.8 Å². The van der Waals surface area contributed by atoms with Crippen LogP contribution in [-0.2, 0) is 12.8 Å². The number of thiophene rings is 1. The zero-order valence-electron chi connectivity index (χ0n) is 15.9. The van der Waals surface area contributed by atoms with Crippen molar-refractivity contribution in [3.05, 3.63) is 82.8 Å². The number of benzene rings is 2. The van der Waals surface area contributed by atoms with Crippen molar-refractivity contribution in [2.24, 2.45) is 0 Å². The molecule has 0 radical (unpaired) electrons. The molecule has 0 saturated heterocycles. The molecule has 0 unspecified atom stereocenters. The summed E-state index contributed by atoms with van der Waals surface area (Å²) in [6.45, 7) is 4.29. The topological polar surface area (TPSA) is 43.1 Å². The molecule has 5 heteroatoms. The molecule has 5 rings (SSSR count). The van der Waals surface area contributed by atoms with Crippen molar-refractivity contribution in [3.8, 4) is 11.1 Å². The average Bonchev–Trinajstić information content (AvgIpc) is 3.33. The van der Waals surface area contributed by atoms with Crippen LogP contribution in [0.3, 0.4) is 0 Å². The van der Waals surface area contributed by atoms with Gasteiger partial charge in [-0.3, -0.25) is 4.40 Å². The van der Waals surface area contributed by atoms with Gasteiger partial charge in [0.15, 0.2) is 5.65 Å². The highest BCUT2D eigenvalue weighted by molar-refractivity contribution is 7.17. The maximum absolute atomic E-state index is 4.68. The lowest BCUT2D eigenvalue weighted by molar-refractivity contribution is 0.834. The van der Waals surface area contributed by atoms with Crippen molar-refractivity contribution in [3.63, 3.8) is 0 Å². The molecule has 2 aromatic carbocycles. The van der Waals surface area contributed by atoms with Crippen LogP contribution in [0, 0.1) is 13.8 Å². The number of nitrogens with zero attached hydrogens (tertiary/aromatic N) is 4. The first-order valence-corrected chi connectivity index (χ1v) is 10.3. The van der Waals surface area contributed by atoms with E-state index in [1.165, 1.54) is 27.8 Å². The van der Waals surface area contributed by atoms with Crippen LogP contribution in [0.25, 0.3) is 27.0 Å². The SMILES string of the molecule is Cc1ccc(-c2csc3ncn4c(CCc5ccccc5)nnc4c23)cc1C. The lowest BCUT2D eigenvalue weighted by atomic mass is 10.0. The van der Waals surface area contributed by atoms with Crippen molar-refractivity contribution in [2.45, 2.75) is 26.7 Å². The molecule has 0 bridgehead atoms. The molecule has 0 aliphatic carbocycles. The molecule has 138 valence electrons. The van der Waals surface area contributed by atoms with E-state index in [1.54, 1.807) is 11.3 Å². The van der Waals surface area contributed by atoms with E-state index in [9.17, 15) is 0 Å². The molecule has 0 amide bonds. The van der Waals surface area contributed by atoms with Gasteiger partial charge in [-0.15, -0.1) is 21.5 Å². The summed E-state index contributed by atoms with van der Waals surface area (Å²) in [6, 6.07) is 17.1. The Morgan fingerprint density at radius 2 is 1.79 bits per heavy atom. The second-order valence-corrected chi connectivity index (χ2v) is 8.03. The standard InChI is InChI=1S/C23H20N4S/c1-15-8-10-18(12-16(15)2)19-13-28-23-21(19)22-26-25-20(27(22)14-24-23)11-9-17-6-4-3-5-7-17/h3-8,10,12-14H,9,11H2,1-2H3. The normalized spacial score (nSPS) is 11.5. The first-order valence-electron chi connectivity index (χ1n) is 9.42. The highest BCUT2D eigenvalue weighted by Crippen LogP contribution is 2.35. The van der Waals surface area contributed by atoms with Gasteiger partial charge in [-0.25, -0.2) is 4.98 Å². The van der Waals surface area contributed by atoms with Gasteiger partial charge in [0.05, 0.1) is 5.39 Å². The van der Waals surface area contributed by atoms with Gasteiger partial charge in [-0.05, 0) is 42.5 Å². The van der Waals surface area contributed by atoms with Gasteiger partial charge in [0.2, 0.25) is 0 Å². The number of rotatable bonds is 4. The van der Waals surface area contributed by atoms with E-state index in [4.69, 9.17) is 0 Å². The van der Waals surface area contributed by atoms with Crippen LogP contribution in [0.4, 0.5) is 0 Å². The predicted molar refractivity (Wildman–Crippen MR) is 115 cm³/mol. The van der Waals surface area contributed by atoms with Gasteiger partial charge >= 0.3 is 0 Å². The van der Waals surface area contributed by atoms with E-state index in [-0.39, 0.29) is 0 Å². The fourth-order valence-corrected chi connectivity index (χ4v) is 4.49. The molecule has 0 spiro atoms. The van der Waals surface area contributed by atoms with Crippen molar-refractivity contribution in [1.29, 1.82) is 0 Å². The second kappa shape index (κ2) is 6.84. The molecule has 0 saturated carbocycles. The smallest absolute Gasteiger partial charge is 0.173 e. The Morgan fingerprint density at radius 3 is 2.61 bits per heavy atom. The molecular weight excluding hydrogens is 364 g/mol. The minimum absolute atomic E-state index is 0.835. The summed E-state index contributed by atoms with van der Waals surface area (Å²) in [6.07, 6.45) is 3.63. The van der Waals surface area contributed by atoms with Crippen molar-refractivity contribution in [2.75, 3.05) is 0 Å². The Kier molecular flexibility index (Phi) is 4.17. The number of aromatic nitrogens is 4. The fourth-order valence-electron chi connectivity index (χ4n) is 3.58. The fraction of sp³-hybridized carbons (Fsp3) is 0.174. The first-order chi connectivity index (χ1) is 13.7. The highest BCUT2D eigenvalue weighted by atomic mass is 32.1. The summed E-state index contributed by atoms with van der Waals surface area (Å²) >= 11 is 1.66. The number of hydrogen-bond acceptors (Lipinski definition) is 4. The lowest BCUT2D eigenvalue weighted by Gasteiger charge is -2.05. The second-order valence-electron chi connectivity index (χ2n) is 7.17. The van der Waals surface area contributed by atoms with Crippen LogP contribution < -0.4 is 0 Å². The number of hydrogen-bond donors (Lipinski definition) is 0. The third-order valence-corrected chi connectivity index (χ3v) is 6.24. The molecule has 0 aliphatic rings. The molecule has 3 aromatic heterocycles. The summed E-state index contributed by atoms with van der Waals surface area (Å²) in [7, 11) is 0. The Labute approximate surface area is 167 Å². The van der Waals surface area contributed by atoms with Gasteiger partial charge < -0.3 is 0 Å². The van der Waals surface area contributed by atoms with Crippen LogP contribution in [0.5, 0.6) is 0 Å². The average molecular weight is 385 g/mol. The summed E-state index contributed by atoms with van der Waals surface area (Å²) in [4.78, 5) is 5.69. The van der Waals surface area contributed by atoms with Crippen molar-refractivity contribution < 1.29 is 0 Å². The molecule has 0 fully saturated rings. The zero-order valence-corrected chi connectivity index (χ0v) is 16.7. The third-order valence-electron chi connectivity index (χ3n) is 5.35. The molecule has 0 aliphatic heterocycles. The van der Waals surface area contributed by atoms with E-state index in [0.29, 0.717) is 0 Å². The molecular formula is C23H20N4S. The number of aryl methyl sites for hydroxylation is 4. The van der Waals surface area contributed by atoms with Crippen LogP contribution in [-0.4, -0.2) is 19.6 Å². The van der Waals surface area contributed by atoms with E-state index in [2.05, 4.69) is 76.9 Å². The Morgan fingerprint density at radius 1 is 0.929 bits per heavy atom. The minimum Gasteiger partial charge on any atom is -0.269 e. The first kappa shape index (κ1) is 17.1. The van der Waals surface area contributed by atoms with Gasteiger partial charge in [0.25, 0.3) is 0 Å². The Bertz CT molecular complexity index is 1280. The largest absolute Gasteiger partial charge is 0.269 e. The van der Waals surface area contributed by atoms with Gasteiger partial charge in [0.1, 0.15) is 17.0 Å². The van der Waals surface area contributed by atoms with E-state index >= 15 is 0 Å². The maximum atomic E-state index is 4.68. The predicted octanol–water partition coefficient (Wildman–Crippen LogP) is 5.41. The van der Waals surface area contributed by atoms with Gasteiger partial charge in [-0.2, -0.15) is 0 Å². The van der Waals surface area contributed by atoms with E-state index in [0.717, 1.165) is 34.5 Å². The molecule has 3 heterocycles. The minimum atomic E-state index is 0.835. The summed E-state index contributed by atoms with van der Waals surface area (Å²) in [5.74, 6) is 0.950. The molecule has 4 nitrogen and oxygen atoms in total. The highest BCUT2D eigenvalue weighted by Gasteiger charge is 2.16. The number of fused-ring (bicyclic) bond motifs is 3. The van der Waals surface area contributed by atoms with Gasteiger partial charge in [-0.1, -0.05) is 48.5 Å². The summed E-state index contributed by atoms with van der Waals surface area (Å²) in [5.41, 5.74) is 7.18. The molecule has 0 N–H and O–H groups in total. The Balaban J connectivity index is 1.59. The summed E-state index contributed by atoms with van der Waals surface area (Å²) in [5, 5.41) is 12.3. The van der Waals surface area contributed by atoms with Gasteiger partial charge in [0, 0.05) is 17.4 Å². The van der Waals surface area contributed by atoms with Crippen LogP contribution >= 0.6 is 11.3 Å². The Hall–Kier alpha value is -3.05. The molecule has 28 heavy (non-hydrogen) atoms. The van der Waals surface area contributed by atoms with Crippen molar-refractivity contribution in [1.82, 2.24) is 19.6 Å². The molecule has 5 aromatic rings. The van der Waals surface area contributed by atoms with Crippen LogP contribution in [0.1, 0.15) is 22.5 Å². The third kappa shape index (κ3) is 2.88. The van der Waals surface area contributed by atoms with Crippen LogP contribution in [0.15, 0.2) is 60.2 Å².